The molecule has 0 aromatic carbocycles. The van der Waals surface area contributed by atoms with Gasteiger partial charge in [-0.25, -0.2) is 4.98 Å². The first-order chi connectivity index (χ1) is 9.11. The molecule has 0 aliphatic heterocycles. The van der Waals surface area contributed by atoms with Crippen molar-refractivity contribution in [1.82, 2.24) is 9.88 Å². The van der Waals surface area contributed by atoms with Gasteiger partial charge in [-0.3, -0.25) is 4.79 Å². The molecule has 1 fully saturated rings. The van der Waals surface area contributed by atoms with Crippen molar-refractivity contribution in [3.8, 4) is 0 Å². The van der Waals surface area contributed by atoms with E-state index in [1.54, 1.807) is 12.3 Å². The second kappa shape index (κ2) is 6.04. The van der Waals surface area contributed by atoms with E-state index in [0.29, 0.717) is 11.6 Å². The zero-order valence-corrected chi connectivity index (χ0v) is 12.0. The van der Waals surface area contributed by atoms with Crippen molar-refractivity contribution < 1.29 is 4.79 Å². The van der Waals surface area contributed by atoms with E-state index < -0.39 is 0 Å². The van der Waals surface area contributed by atoms with Crippen molar-refractivity contribution >= 4 is 11.7 Å². The zero-order valence-electron chi connectivity index (χ0n) is 12.0. The number of nitrogens with one attached hydrogen (secondary N) is 1. The Morgan fingerprint density at radius 2 is 2.05 bits per heavy atom. The lowest BCUT2D eigenvalue weighted by Crippen LogP contribution is -2.39. The standard InChI is InChI=1S/C15H23N3O/c1-11-4-6-13(7-5-11)18(3)15(19)12-8-9-17-14(10-12)16-2/h8-11,13H,4-7H2,1-3H3,(H,16,17). The number of amides is 1. The highest BCUT2D eigenvalue weighted by atomic mass is 16.2. The quantitative estimate of drug-likeness (QED) is 0.910. The van der Waals surface area contributed by atoms with Crippen LogP contribution in [0.2, 0.25) is 0 Å². The van der Waals surface area contributed by atoms with Crippen molar-refractivity contribution in [3.05, 3.63) is 23.9 Å². The molecule has 2 rings (SSSR count). The first-order valence-electron chi connectivity index (χ1n) is 7.02. The normalized spacial score (nSPS) is 22.9. The lowest BCUT2D eigenvalue weighted by atomic mass is 9.86. The van der Waals surface area contributed by atoms with Gasteiger partial charge in [-0.15, -0.1) is 0 Å². The average molecular weight is 261 g/mol. The topological polar surface area (TPSA) is 45.2 Å². The van der Waals surface area contributed by atoms with Crippen LogP contribution in [0.25, 0.3) is 0 Å². The molecule has 1 heterocycles. The Morgan fingerprint density at radius 1 is 1.37 bits per heavy atom. The number of carbonyl (C=O) groups excluding carboxylic acids is 1. The summed E-state index contributed by atoms with van der Waals surface area (Å²) in [6.07, 6.45) is 6.36. The largest absolute Gasteiger partial charge is 0.373 e. The number of rotatable bonds is 3. The summed E-state index contributed by atoms with van der Waals surface area (Å²) >= 11 is 0. The SMILES string of the molecule is CNc1cc(C(=O)N(C)C2CCC(C)CC2)ccn1. The van der Waals surface area contributed by atoms with Gasteiger partial charge in [0, 0.05) is 31.9 Å². The van der Waals surface area contributed by atoms with Crippen LogP contribution in [0.4, 0.5) is 5.82 Å². The molecule has 4 heteroatoms. The zero-order chi connectivity index (χ0) is 13.8. The molecule has 104 valence electrons. The minimum absolute atomic E-state index is 0.0958. The molecule has 0 bridgehead atoms. The number of nitrogens with zero attached hydrogens (tertiary/aromatic N) is 2. The number of carbonyl (C=O) groups is 1. The maximum absolute atomic E-state index is 12.5. The minimum Gasteiger partial charge on any atom is -0.373 e. The number of hydrogen-bond acceptors (Lipinski definition) is 3. The Bertz CT molecular complexity index is 439. The van der Waals surface area contributed by atoms with Gasteiger partial charge >= 0.3 is 0 Å². The molecule has 0 saturated heterocycles. The molecular weight excluding hydrogens is 238 g/mol. The molecule has 1 amide bonds. The first-order valence-corrected chi connectivity index (χ1v) is 7.02. The van der Waals surface area contributed by atoms with Crippen molar-refractivity contribution in [2.24, 2.45) is 5.92 Å². The Kier molecular flexibility index (Phi) is 4.40. The summed E-state index contributed by atoms with van der Waals surface area (Å²) in [4.78, 5) is 18.5. The van der Waals surface area contributed by atoms with E-state index in [1.165, 1.54) is 12.8 Å². The lowest BCUT2D eigenvalue weighted by molar-refractivity contribution is 0.0679. The van der Waals surface area contributed by atoms with E-state index in [9.17, 15) is 4.79 Å². The predicted octanol–water partition coefficient (Wildman–Crippen LogP) is 2.77. The summed E-state index contributed by atoms with van der Waals surface area (Å²) in [5, 5.41) is 2.96. The molecule has 0 unspecified atom stereocenters. The van der Waals surface area contributed by atoms with Crippen molar-refractivity contribution in [3.63, 3.8) is 0 Å². The molecule has 1 N–H and O–H groups in total. The van der Waals surface area contributed by atoms with Gasteiger partial charge in [0.2, 0.25) is 0 Å². The van der Waals surface area contributed by atoms with Gasteiger partial charge in [-0.2, -0.15) is 0 Å². The van der Waals surface area contributed by atoms with Crippen LogP contribution in [-0.2, 0) is 0 Å². The van der Waals surface area contributed by atoms with E-state index in [4.69, 9.17) is 0 Å². The third-order valence-corrected chi connectivity index (χ3v) is 4.12. The number of aromatic nitrogens is 1. The fourth-order valence-corrected chi connectivity index (χ4v) is 2.70. The van der Waals surface area contributed by atoms with E-state index in [0.717, 1.165) is 24.6 Å². The van der Waals surface area contributed by atoms with Gasteiger partial charge < -0.3 is 10.2 Å². The fraction of sp³-hybridized carbons (Fsp3) is 0.600. The minimum atomic E-state index is 0.0958. The van der Waals surface area contributed by atoms with Crippen LogP contribution in [0.1, 0.15) is 43.0 Å². The Morgan fingerprint density at radius 3 is 2.68 bits per heavy atom. The van der Waals surface area contributed by atoms with Crippen LogP contribution in [-0.4, -0.2) is 35.9 Å². The predicted molar refractivity (Wildman–Crippen MR) is 77.3 cm³/mol. The summed E-state index contributed by atoms with van der Waals surface area (Å²) in [7, 11) is 3.73. The molecule has 0 spiro atoms. The molecule has 4 nitrogen and oxygen atoms in total. The second-order valence-corrected chi connectivity index (χ2v) is 5.51. The Labute approximate surface area is 115 Å². The average Bonchev–Trinajstić information content (AvgIpc) is 2.46. The van der Waals surface area contributed by atoms with Gasteiger partial charge in [0.05, 0.1) is 0 Å². The molecule has 1 aliphatic rings. The van der Waals surface area contributed by atoms with Crippen LogP contribution < -0.4 is 5.32 Å². The lowest BCUT2D eigenvalue weighted by Gasteiger charge is -2.33. The fourth-order valence-electron chi connectivity index (χ4n) is 2.70. The summed E-state index contributed by atoms with van der Waals surface area (Å²) in [6, 6.07) is 3.98. The maximum Gasteiger partial charge on any atom is 0.254 e. The van der Waals surface area contributed by atoms with E-state index >= 15 is 0 Å². The highest BCUT2D eigenvalue weighted by Gasteiger charge is 2.25. The number of hydrogen-bond donors (Lipinski definition) is 1. The Balaban J connectivity index is 2.05. The van der Waals surface area contributed by atoms with E-state index in [2.05, 4.69) is 17.2 Å². The molecule has 0 atom stereocenters. The van der Waals surface area contributed by atoms with E-state index in [-0.39, 0.29) is 5.91 Å². The molecule has 1 aromatic heterocycles. The van der Waals surface area contributed by atoms with Crippen LogP contribution in [0.3, 0.4) is 0 Å². The molecule has 19 heavy (non-hydrogen) atoms. The van der Waals surface area contributed by atoms with Crippen LogP contribution in [0, 0.1) is 5.92 Å². The summed E-state index contributed by atoms with van der Waals surface area (Å²) in [6.45, 7) is 2.29. The molecule has 1 aromatic rings. The van der Waals surface area contributed by atoms with E-state index in [1.807, 2.05) is 25.1 Å². The van der Waals surface area contributed by atoms with Gasteiger partial charge in [0.1, 0.15) is 5.82 Å². The van der Waals surface area contributed by atoms with Crippen LogP contribution >= 0.6 is 0 Å². The Hall–Kier alpha value is -1.58. The van der Waals surface area contributed by atoms with Gasteiger partial charge in [0.25, 0.3) is 5.91 Å². The summed E-state index contributed by atoms with van der Waals surface area (Å²) in [5.74, 6) is 1.63. The van der Waals surface area contributed by atoms with Gasteiger partial charge in [-0.05, 0) is 43.7 Å². The summed E-state index contributed by atoms with van der Waals surface area (Å²) in [5.41, 5.74) is 0.709. The van der Waals surface area contributed by atoms with Gasteiger partial charge in [-0.1, -0.05) is 6.92 Å². The smallest absolute Gasteiger partial charge is 0.254 e. The third kappa shape index (κ3) is 3.25. The van der Waals surface area contributed by atoms with Crippen LogP contribution in [0.5, 0.6) is 0 Å². The highest BCUT2D eigenvalue weighted by molar-refractivity contribution is 5.94. The van der Waals surface area contributed by atoms with Gasteiger partial charge in [0.15, 0.2) is 0 Å². The second-order valence-electron chi connectivity index (χ2n) is 5.51. The molecule has 1 saturated carbocycles. The number of anilines is 1. The highest BCUT2D eigenvalue weighted by Crippen LogP contribution is 2.27. The molecule has 0 radical (unpaired) electrons. The maximum atomic E-state index is 12.5. The van der Waals surface area contributed by atoms with Crippen molar-refractivity contribution in [1.29, 1.82) is 0 Å². The molecule has 1 aliphatic carbocycles. The third-order valence-electron chi connectivity index (χ3n) is 4.12. The van der Waals surface area contributed by atoms with Crippen molar-refractivity contribution in [2.75, 3.05) is 19.4 Å². The van der Waals surface area contributed by atoms with Crippen LogP contribution in [0.15, 0.2) is 18.3 Å². The molecular formula is C15H23N3O. The monoisotopic (exact) mass is 261 g/mol. The first kappa shape index (κ1) is 13.8. The van der Waals surface area contributed by atoms with Crippen molar-refractivity contribution in [2.45, 2.75) is 38.6 Å². The summed E-state index contributed by atoms with van der Waals surface area (Å²) < 4.78 is 0. The number of pyridine rings is 1.